The lowest BCUT2D eigenvalue weighted by Crippen LogP contribution is -2.37. The Morgan fingerprint density at radius 2 is 2.17 bits per heavy atom. The van der Waals surface area contributed by atoms with Crippen molar-refractivity contribution in [3.63, 3.8) is 0 Å². The summed E-state index contributed by atoms with van der Waals surface area (Å²) in [6, 6.07) is 3.95. The van der Waals surface area contributed by atoms with Crippen LogP contribution in [0.15, 0.2) is 29.2 Å². The van der Waals surface area contributed by atoms with Crippen molar-refractivity contribution >= 4 is 17.5 Å². The van der Waals surface area contributed by atoms with Crippen molar-refractivity contribution in [3.05, 3.63) is 46.4 Å². The van der Waals surface area contributed by atoms with Gasteiger partial charge in [0.2, 0.25) is 5.91 Å². The van der Waals surface area contributed by atoms with Gasteiger partial charge in [0, 0.05) is 19.2 Å². The highest BCUT2D eigenvalue weighted by Gasteiger charge is 2.15. The van der Waals surface area contributed by atoms with Crippen molar-refractivity contribution in [3.8, 4) is 0 Å². The number of carbonyl (C=O) groups excluding carboxylic acids is 1. The molecule has 0 aromatic carbocycles. The first-order chi connectivity index (χ1) is 11.6. The standard InChI is InChI=1S/C15H16FN5O3/c16-10-1-2-11(17-9-10)19-14(22)7-12-18-13(8-15(23)20-12)21-3-5-24-6-4-21/h1-2,8-9H,3-7H2,(H,17,19,22)(H,18,20,23). The van der Waals surface area contributed by atoms with Gasteiger partial charge in [-0.3, -0.25) is 9.59 Å². The number of ether oxygens (including phenoxy) is 1. The summed E-state index contributed by atoms with van der Waals surface area (Å²) in [4.78, 5) is 36.4. The smallest absolute Gasteiger partial charge is 0.252 e. The SMILES string of the molecule is O=C(Cc1nc(N2CCOCC2)cc(=O)[nH]1)Nc1ccc(F)cn1. The van der Waals surface area contributed by atoms with Crippen LogP contribution in [0.3, 0.4) is 0 Å². The predicted octanol–water partition coefficient (Wildman–Crippen LogP) is 0.322. The normalized spacial score (nSPS) is 14.5. The highest BCUT2D eigenvalue weighted by Crippen LogP contribution is 2.11. The van der Waals surface area contributed by atoms with Crippen molar-refractivity contribution < 1.29 is 13.9 Å². The second-order valence-corrected chi connectivity index (χ2v) is 5.24. The molecule has 3 heterocycles. The van der Waals surface area contributed by atoms with E-state index in [2.05, 4.69) is 20.3 Å². The van der Waals surface area contributed by atoms with Gasteiger partial charge in [0.1, 0.15) is 23.3 Å². The van der Waals surface area contributed by atoms with Crippen LogP contribution in [0.2, 0.25) is 0 Å². The third-order valence-electron chi connectivity index (χ3n) is 3.44. The maximum absolute atomic E-state index is 12.8. The van der Waals surface area contributed by atoms with E-state index >= 15 is 0 Å². The van der Waals surface area contributed by atoms with Gasteiger partial charge in [0.05, 0.1) is 25.8 Å². The van der Waals surface area contributed by atoms with Crippen LogP contribution < -0.4 is 15.8 Å². The summed E-state index contributed by atoms with van der Waals surface area (Å²) < 4.78 is 18.1. The fourth-order valence-electron chi connectivity index (χ4n) is 2.32. The number of hydrogen-bond acceptors (Lipinski definition) is 6. The van der Waals surface area contributed by atoms with Gasteiger partial charge >= 0.3 is 0 Å². The number of carbonyl (C=O) groups is 1. The number of nitrogens with zero attached hydrogens (tertiary/aromatic N) is 3. The Hall–Kier alpha value is -2.81. The molecule has 1 aliphatic rings. The van der Waals surface area contributed by atoms with Crippen LogP contribution in [0.4, 0.5) is 16.0 Å². The Kier molecular flexibility index (Phi) is 4.80. The first-order valence-corrected chi connectivity index (χ1v) is 7.44. The molecule has 1 fully saturated rings. The number of rotatable bonds is 4. The average molecular weight is 333 g/mol. The molecule has 1 amide bonds. The van der Waals surface area contributed by atoms with Crippen molar-refractivity contribution in [1.82, 2.24) is 15.0 Å². The lowest BCUT2D eigenvalue weighted by Gasteiger charge is -2.27. The second kappa shape index (κ2) is 7.18. The minimum atomic E-state index is -0.489. The van der Waals surface area contributed by atoms with Gasteiger partial charge in [-0.1, -0.05) is 0 Å². The van der Waals surface area contributed by atoms with Gasteiger partial charge in [-0.25, -0.2) is 14.4 Å². The minimum Gasteiger partial charge on any atom is -0.378 e. The van der Waals surface area contributed by atoms with E-state index in [9.17, 15) is 14.0 Å². The molecule has 1 aliphatic heterocycles. The fraction of sp³-hybridized carbons (Fsp3) is 0.333. The quantitative estimate of drug-likeness (QED) is 0.836. The predicted molar refractivity (Wildman–Crippen MR) is 84.4 cm³/mol. The van der Waals surface area contributed by atoms with Gasteiger partial charge in [-0.2, -0.15) is 0 Å². The molecule has 126 valence electrons. The number of H-pyrrole nitrogens is 1. The molecule has 0 atom stereocenters. The topological polar surface area (TPSA) is 100 Å². The Bertz CT molecular complexity index is 771. The van der Waals surface area contributed by atoms with E-state index in [0.717, 1.165) is 6.20 Å². The van der Waals surface area contributed by atoms with E-state index in [-0.39, 0.29) is 23.6 Å². The number of aromatic amines is 1. The largest absolute Gasteiger partial charge is 0.378 e. The summed E-state index contributed by atoms with van der Waals surface area (Å²) in [6.45, 7) is 2.42. The zero-order valence-electron chi connectivity index (χ0n) is 12.8. The minimum absolute atomic E-state index is 0.119. The van der Waals surface area contributed by atoms with E-state index in [0.29, 0.717) is 32.1 Å². The molecule has 8 nitrogen and oxygen atoms in total. The molecule has 2 N–H and O–H groups in total. The summed E-state index contributed by atoms with van der Waals surface area (Å²) in [7, 11) is 0. The fourth-order valence-corrected chi connectivity index (χ4v) is 2.32. The summed E-state index contributed by atoms with van der Waals surface area (Å²) in [5, 5.41) is 2.52. The molecule has 0 saturated carbocycles. The third kappa shape index (κ3) is 4.13. The molecule has 1 saturated heterocycles. The number of nitrogens with one attached hydrogen (secondary N) is 2. The number of aromatic nitrogens is 3. The number of hydrogen-bond donors (Lipinski definition) is 2. The van der Waals surface area contributed by atoms with Crippen LogP contribution in [-0.4, -0.2) is 47.2 Å². The van der Waals surface area contributed by atoms with Crippen LogP contribution in [-0.2, 0) is 16.0 Å². The Morgan fingerprint density at radius 1 is 1.38 bits per heavy atom. The molecule has 2 aromatic heterocycles. The first kappa shape index (κ1) is 16.1. The maximum Gasteiger partial charge on any atom is 0.252 e. The zero-order valence-corrected chi connectivity index (χ0v) is 12.8. The van der Waals surface area contributed by atoms with E-state index in [1.54, 1.807) is 0 Å². The van der Waals surface area contributed by atoms with Crippen molar-refractivity contribution in [1.29, 1.82) is 0 Å². The van der Waals surface area contributed by atoms with Crippen LogP contribution >= 0.6 is 0 Å². The number of anilines is 2. The molecule has 0 unspecified atom stereocenters. The summed E-state index contributed by atoms with van der Waals surface area (Å²) >= 11 is 0. The lowest BCUT2D eigenvalue weighted by molar-refractivity contribution is -0.115. The average Bonchev–Trinajstić information content (AvgIpc) is 2.57. The number of pyridine rings is 1. The van der Waals surface area contributed by atoms with Gasteiger partial charge in [-0.15, -0.1) is 0 Å². The molecule has 3 rings (SSSR count). The summed E-state index contributed by atoms with van der Waals surface area (Å²) in [6.07, 6.45) is 0.890. The second-order valence-electron chi connectivity index (χ2n) is 5.24. The van der Waals surface area contributed by atoms with Crippen LogP contribution in [0.5, 0.6) is 0 Å². The Balaban J connectivity index is 1.69. The van der Waals surface area contributed by atoms with Crippen molar-refractivity contribution in [2.75, 3.05) is 36.5 Å². The van der Waals surface area contributed by atoms with Gasteiger partial charge in [0.25, 0.3) is 5.56 Å². The Morgan fingerprint density at radius 3 is 2.88 bits per heavy atom. The van der Waals surface area contributed by atoms with Gasteiger partial charge in [0.15, 0.2) is 0 Å². The maximum atomic E-state index is 12.8. The van der Waals surface area contributed by atoms with Crippen LogP contribution in [0, 0.1) is 5.82 Å². The van der Waals surface area contributed by atoms with Crippen LogP contribution in [0.1, 0.15) is 5.82 Å². The molecule has 24 heavy (non-hydrogen) atoms. The Labute approximate surface area is 136 Å². The lowest BCUT2D eigenvalue weighted by atomic mass is 10.3. The molecular formula is C15H16FN5O3. The molecule has 0 aliphatic carbocycles. The van der Waals surface area contributed by atoms with Crippen molar-refractivity contribution in [2.24, 2.45) is 0 Å². The number of halogens is 1. The molecule has 2 aromatic rings. The molecule has 0 spiro atoms. The number of amides is 1. The van der Waals surface area contributed by atoms with E-state index in [4.69, 9.17) is 4.74 Å². The monoisotopic (exact) mass is 333 g/mol. The summed E-state index contributed by atoms with van der Waals surface area (Å²) in [5.74, 6) is 0.107. The van der Waals surface area contributed by atoms with Gasteiger partial charge in [-0.05, 0) is 12.1 Å². The number of morpholine rings is 1. The zero-order chi connectivity index (χ0) is 16.9. The van der Waals surface area contributed by atoms with Crippen LogP contribution in [0.25, 0.3) is 0 Å². The highest BCUT2D eigenvalue weighted by atomic mass is 19.1. The van der Waals surface area contributed by atoms with Crippen molar-refractivity contribution in [2.45, 2.75) is 6.42 Å². The highest BCUT2D eigenvalue weighted by molar-refractivity contribution is 5.90. The molecule has 0 bridgehead atoms. The molecular weight excluding hydrogens is 317 g/mol. The molecule has 9 heteroatoms. The van der Waals surface area contributed by atoms with E-state index < -0.39 is 11.7 Å². The van der Waals surface area contributed by atoms with Gasteiger partial charge < -0.3 is 19.9 Å². The summed E-state index contributed by atoms with van der Waals surface area (Å²) in [5.41, 5.74) is -0.325. The molecule has 0 radical (unpaired) electrons. The van der Waals surface area contributed by atoms with E-state index in [1.165, 1.54) is 18.2 Å². The van der Waals surface area contributed by atoms with E-state index in [1.807, 2.05) is 4.90 Å². The third-order valence-corrected chi connectivity index (χ3v) is 3.44. The first-order valence-electron chi connectivity index (χ1n) is 7.44.